The first-order valence-corrected chi connectivity index (χ1v) is 5.39. The summed E-state index contributed by atoms with van der Waals surface area (Å²) in [7, 11) is 0. The van der Waals surface area contributed by atoms with Crippen LogP contribution < -0.4 is 0 Å². The van der Waals surface area contributed by atoms with Crippen molar-refractivity contribution in [2.24, 2.45) is 17.8 Å². The Labute approximate surface area is 98.0 Å². The Morgan fingerprint density at radius 2 is 1.50 bits per heavy atom. The van der Waals surface area contributed by atoms with E-state index in [4.69, 9.17) is 0 Å². The summed E-state index contributed by atoms with van der Waals surface area (Å²) in [5.74, 6) is -5.31. The molecule has 0 heterocycles. The molecule has 2 aliphatic rings. The number of carbonyl (C=O) groups is 1. The van der Waals surface area contributed by atoms with Crippen LogP contribution in [0.4, 0.5) is 26.3 Å². The van der Waals surface area contributed by atoms with Crippen molar-refractivity contribution in [2.75, 3.05) is 0 Å². The lowest BCUT2D eigenvalue weighted by Gasteiger charge is -2.39. The first kappa shape index (κ1) is 13.6. The lowest BCUT2D eigenvalue weighted by atomic mass is 9.74. The van der Waals surface area contributed by atoms with Crippen molar-refractivity contribution in [3.8, 4) is 0 Å². The van der Waals surface area contributed by atoms with Crippen molar-refractivity contribution in [1.82, 2.24) is 0 Å². The van der Waals surface area contributed by atoms with Crippen LogP contribution >= 0.6 is 0 Å². The van der Waals surface area contributed by atoms with Gasteiger partial charge >= 0.3 is 12.4 Å². The van der Waals surface area contributed by atoms with Crippen LogP contribution in [0.5, 0.6) is 0 Å². The van der Waals surface area contributed by atoms with E-state index in [0.717, 1.165) is 0 Å². The molecule has 2 fully saturated rings. The van der Waals surface area contributed by atoms with Crippen molar-refractivity contribution in [1.29, 1.82) is 0 Å². The van der Waals surface area contributed by atoms with Crippen molar-refractivity contribution in [3.05, 3.63) is 0 Å². The van der Waals surface area contributed by atoms with Gasteiger partial charge in [0.2, 0.25) is 0 Å². The van der Waals surface area contributed by atoms with E-state index in [1.807, 2.05) is 0 Å². The van der Waals surface area contributed by atoms with Gasteiger partial charge in [0.05, 0.1) is 5.92 Å². The molecule has 0 radical (unpaired) electrons. The molecule has 2 saturated carbocycles. The molecule has 0 saturated heterocycles. The molecule has 2 rings (SSSR count). The number of alkyl halides is 6. The minimum absolute atomic E-state index is 0.0119. The van der Waals surface area contributed by atoms with Crippen LogP contribution in [0.15, 0.2) is 0 Å². The van der Waals surface area contributed by atoms with Gasteiger partial charge in [-0.1, -0.05) is 0 Å². The summed E-state index contributed by atoms with van der Waals surface area (Å²) >= 11 is 0. The lowest BCUT2D eigenvalue weighted by Crippen LogP contribution is -2.64. The van der Waals surface area contributed by atoms with E-state index in [1.54, 1.807) is 0 Å². The molecular weight excluding hydrogens is 266 g/mol. The molecule has 0 unspecified atom stereocenters. The molecule has 0 amide bonds. The highest BCUT2D eigenvalue weighted by molar-refractivity contribution is 5.88. The highest BCUT2D eigenvalue weighted by Gasteiger charge is 2.78. The quantitative estimate of drug-likeness (QED) is 0.747. The van der Waals surface area contributed by atoms with Gasteiger partial charge in [-0.05, 0) is 25.2 Å². The monoisotopic (exact) mass is 276 g/mol. The minimum Gasteiger partial charge on any atom is -0.373 e. The normalized spacial score (nSPS) is 33.3. The summed E-state index contributed by atoms with van der Waals surface area (Å²) in [6.45, 7) is 0. The summed E-state index contributed by atoms with van der Waals surface area (Å²) < 4.78 is 75.8. The Morgan fingerprint density at radius 3 is 1.83 bits per heavy atom. The Balaban J connectivity index is 2.47. The third-order valence-corrected chi connectivity index (χ3v) is 3.97. The summed E-state index contributed by atoms with van der Waals surface area (Å²) in [5, 5.41) is 9.21. The molecule has 3 atom stereocenters. The van der Waals surface area contributed by atoms with Crippen LogP contribution in [0, 0.1) is 17.8 Å². The minimum atomic E-state index is -5.91. The van der Waals surface area contributed by atoms with Crippen LogP contribution in [-0.4, -0.2) is 28.8 Å². The molecular formula is C10H10F6O2. The molecule has 2 nitrogen and oxygen atoms in total. The summed E-state index contributed by atoms with van der Waals surface area (Å²) in [6, 6.07) is 0. The number of hydrogen-bond donors (Lipinski definition) is 1. The van der Waals surface area contributed by atoms with E-state index >= 15 is 0 Å². The Morgan fingerprint density at radius 1 is 1.00 bits per heavy atom. The molecule has 0 aromatic carbocycles. The van der Waals surface area contributed by atoms with Crippen molar-refractivity contribution in [2.45, 2.75) is 37.2 Å². The fraction of sp³-hybridized carbons (Fsp3) is 0.900. The van der Waals surface area contributed by atoms with Gasteiger partial charge < -0.3 is 5.11 Å². The number of hydrogen-bond acceptors (Lipinski definition) is 2. The molecule has 104 valence electrons. The van der Waals surface area contributed by atoms with E-state index < -0.39 is 41.5 Å². The third-order valence-electron chi connectivity index (χ3n) is 3.97. The number of ketones is 1. The van der Waals surface area contributed by atoms with E-state index in [2.05, 4.69) is 0 Å². The maximum Gasteiger partial charge on any atom is 0.427 e. The van der Waals surface area contributed by atoms with Gasteiger partial charge in [0.25, 0.3) is 5.60 Å². The van der Waals surface area contributed by atoms with E-state index in [1.165, 1.54) is 0 Å². The van der Waals surface area contributed by atoms with Crippen LogP contribution in [0.1, 0.15) is 19.3 Å². The first-order valence-electron chi connectivity index (χ1n) is 5.39. The van der Waals surface area contributed by atoms with Crippen LogP contribution in [-0.2, 0) is 4.79 Å². The first-order chi connectivity index (χ1) is 8.00. The predicted octanol–water partition coefficient (Wildman–Crippen LogP) is 2.46. The van der Waals surface area contributed by atoms with E-state index in [9.17, 15) is 36.2 Å². The highest BCUT2D eigenvalue weighted by atomic mass is 19.4. The largest absolute Gasteiger partial charge is 0.427 e. The molecule has 0 aromatic rings. The molecule has 1 N–H and O–H groups in total. The number of aliphatic hydroxyl groups is 1. The van der Waals surface area contributed by atoms with E-state index in [0.29, 0.717) is 6.42 Å². The zero-order valence-electron chi connectivity index (χ0n) is 8.98. The number of fused-ring (bicyclic) bond motifs is 2. The smallest absolute Gasteiger partial charge is 0.373 e. The number of Topliss-reactive ketones (excluding diaryl/α,β-unsaturated/α-hetero) is 1. The predicted molar refractivity (Wildman–Crippen MR) is 46.4 cm³/mol. The lowest BCUT2D eigenvalue weighted by molar-refractivity contribution is -0.383. The van der Waals surface area contributed by atoms with Gasteiger partial charge in [0.1, 0.15) is 5.78 Å². The maximum absolute atomic E-state index is 12.6. The molecule has 0 spiro atoms. The van der Waals surface area contributed by atoms with Crippen molar-refractivity contribution >= 4 is 5.78 Å². The van der Waals surface area contributed by atoms with E-state index in [-0.39, 0.29) is 12.8 Å². The number of rotatable bonds is 1. The zero-order valence-corrected chi connectivity index (χ0v) is 8.98. The van der Waals surface area contributed by atoms with Gasteiger partial charge in [-0.3, -0.25) is 4.79 Å². The topological polar surface area (TPSA) is 37.3 Å². The average molecular weight is 276 g/mol. The highest BCUT2D eigenvalue weighted by Crippen LogP contribution is 2.58. The van der Waals surface area contributed by atoms with Crippen LogP contribution in [0.3, 0.4) is 0 Å². The summed E-state index contributed by atoms with van der Waals surface area (Å²) in [4.78, 5) is 11.5. The molecule has 8 heteroatoms. The maximum atomic E-state index is 12.6. The SMILES string of the molecule is O=C1[C@H]2CC[C@@H](C2)[C@@H]1C(O)(C(F)(F)F)C(F)(F)F. The van der Waals surface area contributed by atoms with Crippen LogP contribution in [0.25, 0.3) is 0 Å². The Hall–Kier alpha value is -0.790. The van der Waals surface area contributed by atoms with Crippen LogP contribution in [0.2, 0.25) is 0 Å². The Bertz CT molecular complexity index is 358. The molecule has 0 aliphatic heterocycles. The number of carbonyl (C=O) groups excluding carboxylic acids is 1. The summed E-state index contributed by atoms with van der Waals surface area (Å²) in [6.07, 6.45) is -11.4. The van der Waals surface area contributed by atoms with Gasteiger partial charge in [-0.25, -0.2) is 0 Å². The zero-order chi connectivity index (χ0) is 13.9. The summed E-state index contributed by atoms with van der Waals surface area (Å²) in [5.41, 5.74) is -4.92. The Kier molecular flexibility index (Phi) is 2.74. The second-order valence-corrected chi connectivity index (χ2v) is 4.91. The van der Waals surface area contributed by atoms with Gasteiger partial charge in [-0.2, -0.15) is 26.3 Å². The fourth-order valence-corrected chi connectivity index (χ4v) is 3.12. The standard InChI is InChI=1S/C10H10F6O2/c11-9(12,13)8(18,10(14,15)16)6-4-1-2-5(3-4)7(6)17/h4-6,18H,1-3H2/t4-,5-,6-/m0/s1. The van der Waals surface area contributed by atoms with Gasteiger partial charge in [0.15, 0.2) is 0 Å². The number of halogens is 6. The van der Waals surface area contributed by atoms with Crippen molar-refractivity contribution < 1.29 is 36.2 Å². The van der Waals surface area contributed by atoms with Gasteiger partial charge in [-0.15, -0.1) is 0 Å². The van der Waals surface area contributed by atoms with Gasteiger partial charge in [0, 0.05) is 5.92 Å². The third kappa shape index (κ3) is 1.57. The second-order valence-electron chi connectivity index (χ2n) is 4.91. The second kappa shape index (κ2) is 3.61. The molecule has 18 heavy (non-hydrogen) atoms. The molecule has 2 aliphatic carbocycles. The molecule has 2 bridgehead atoms. The fourth-order valence-electron chi connectivity index (χ4n) is 3.12. The average Bonchev–Trinajstić information content (AvgIpc) is 2.73. The van der Waals surface area contributed by atoms with Crippen molar-refractivity contribution in [3.63, 3.8) is 0 Å². The molecule has 0 aromatic heterocycles.